The maximum atomic E-state index is 8.36. The Morgan fingerprint density at radius 3 is 1.03 bits per heavy atom. The fourth-order valence-corrected chi connectivity index (χ4v) is 34.0. The van der Waals surface area contributed by atoms with Crippen molar-refractivity contribution in [1.29, 1.82) is 0 Å². The maximum absolute atomic E-state index is 8.36. The molecule has 0 bridgehead atoms. The predicted octanol–water partition coefficient (Wildman–Crippen LogP) is 31.5. The molecule has 2 heterocycles. The quantitative estimate of drug-likeness (QED) is 0.00684. The Balaban J connectivity index is -0.0000000881. The van der Waals surface area contributed by atoms with Gasteiger partial charge in [-0.3, -0.25) is 4.68 Å². The zero-order valence-electron chi connectivity index (χ0n) is 77.2. The normalized spacial score (nSPS) is 13.1. The minimum atomic E-state index is -2.35. The third-order valence-electron chi connectivity index (χ3n) is 17.5. The SMILES string of the molecule is C#CC1CCCC1.C1CCCC1.C1CCCC1.C1CCOC1.C=C(C)C[Si](CCCCl)(CC(=C)C)CC(=C)C.C=C(C)C[Si](CCCN=[N+]=[N-])(CC(=C)C)CC(=C)C.C=C(C)C[Si](CCCn1cc(C2CCCC2)nn1)(CC(=C)C)CC(=C)C.C=C([CH2-])C.C=CCCCl.C=CCCO.ClCCC[Si](Cl)(Cl)Cl.Cl[SiH](Cl)Cl.[CH3-].[CH3-].[CH3-].[CH3-].[Cl-].[Fe+2].[Fe+2].[Mg+2]. The molecule has 0 radical (unpaired) electrons. The molecular formula is C92H170Cl10Fe2MgN6O2Si5. The molecule has 8 nitrogen and oxygen atoms in total. The summed E-state index contributed by atoms with van der Waals surface area (Å²) in [6, 6.07) is 12.4. The van der Waals surface area contributed by atoms with Gasteiger partial charge >= 0.3 is 69.9 Å². The van der Waals surface area contributed by atoms with Crippen LogP contribution in [0.25, 0.3) is 10.4 Å². The summed E-state index contributed by atoms with van der Waals surface area (Å²) in [5.41, 5.74) is 22.1. The van der Waals surface area contributed by atoms with Crippen molar-refractivity contribution in [1.82, 2.24) is 15.0 Å². The fourth-order valence-electron chi connectivity index (χ4n) is 14.4. The van der Waals surface area contributed by atoms with E-state index in [-0.39, 0.29) is 106 Å². The number of ether oxygens (including phenoxy) is 1. The summed E-state index contributed by atoms with van der Waals surface area (Å²) in [5, 5.41) is 20.5. The molecule has 1 aromatic heterocycles. The van der Waals surface area contributed by atoms with Crippen LogP contribution in [-0.4, -0.2) is 124 Å². The van der Waals surface area contributed by atoms with Gasteiger partial charge in [0.15, 0.2) is 0 Å². The first-order chi connectivity index (χ1) is 51.7. The van der Waals surface area contributed by atoms with Crippen LogP contribution in [0.1, 0.15) is 248 Å². The van der Waals surface area contributed by atoms with Gasteiger partial charge in [0, 0.05) is 73.5 Å². The van der Waals surface area contributed by atoms with Crippen LogP contribution in [0, 0.1) is 54.9 Å². The summed E-state index contributed by atoms with van der Waals surface area (Å²) in [6.45, 7) is 74.1. The molecule has 5 aliphatic rings. The molecule has 0 atom stereocenters. The first-order valence-corrected chi connectivity index (χ1v) is 61.0. The molecule has 0 aromatic carbocycles. The average molecular weight is 2020 g/mol. The van der Waals surface area contributed by atoms with E-state index in [2.05, 4.69) is 185 Å². The minimum absolute atomic E-state index is 0. The van der Waals surface area contributed by atoms with Gasteiger partial charge in [-0.05, 0) is 199 Å². The molecule has 1 aliphatic heterocycles. The number of hydrogen-bond donors (Lipinski definition) is 1. The van der Waals surface area contributed by atoms with Crippen molar-refractivity contribution in [3.63, 3.8) is 0 Å². The van der Waals surface area contributed by atoms with Crippen molar-refractivity contribution < 1.29 is 56.4 Å². The Labute approximate surface area is 824 Å². The molecule has 26 heteroatoms. The molecule has 5 fully saturated rings. The van der Waals surface area contributed by atoms with E-state index < -0.39 is 37.0 Å². The van der Waals surface area contributed by atoms with Crippen LogP contribution >= 0.6 is 101 Å². The van der Waals surface area contributed by atoms with Crippen molar-refractivity contribution >= 4 is 161 Å². The van der Waals surface area contributed by atoms with E-state index in [0.717, 1.165) is 87.5 Å². The molecule has 1 N–H and O–H groups in total. The van der Waals surface area contributed by atoms with E-state index in [0.29, 0.717) is 42.6 Å². The van der Waals surface area contributed by atoms with Crippen LogP contribution in [0.2, 0.25) is 78.6 Å². The summed E-state index contributed by atoms with van der Waals surface area (Å²) in [5.74, 6) is 6.08. The molecule has 1 saturated heterocycles. The average Bonchev–Trinajstić information content (AvgIpc) is 1.20. The largest absolute Gasteiger partial charge is 2.00 e. The van der Waals surface area contributed by atoms with Gasteiger partial charge in [-0.25, -0.2) is 19.1 Å². The van der Waals surface area contributed by atoms with E-state index in [4.69, 9.17) is 123 Å². The number of rotatable bonds is 37. The first-order valence-electron chi connectivity index (χ1n) is 40.4. The number of alkyl halides is 3. The van der Waals surface area contributed by atoms with Crippen LogP contribution in [0.15, 0.2) is 158 Å². The number of aliphatic hydroxyl groups excluding tert-OH is 1. The first kappa shape index (κ1) is 150. The number of terminal acetylenes is 1. The smallest absolute Gasteiger partial charge is 1.00 e. The minimum Gasteiger partial charge on any atom is -1.00 e. The van der Waals surface area contributed by atoms with Crippen LogP contribution in [0.3, 0.4) is 0 Å². The Morgan fingerprint density at radius 1 is 0.542 bits per heavy atom. The number of hydrogen-bond acceptors (Lipinski definition) is 5. The Hall–Kier alpha value is 0.470. The topological polar surface area (TPSA) is 109 Å². The van der Waals surface area contributed by atoms with E-state index in [1.807, 2.05) is 6.92 Å². The van der Waals surface area contributed by atoms with Crippen molar-refractivity contribution in [3.8, 4) is 12.3 Å². The molecule has 6 rings (SSSR count). The standard InChI is InChI=1S/C22H37N3Si.C15H27ClSi.C15H27N3Si.C7H10.2C5H10.C4H7Cl.2C4H8O.C4H7.C3H6Cl4Si.4CH3.Cl3HSi.ClH.2Fe.Mg/c1-18(2)15-26(16-19(3)4,17-20(5)6)13-9-12-25-14-22(23-24-25)21-10-7-8-11-21;1-13(2)10-17(9-7-8-16,11-14(3)4)12-15(5)6;1-13(2)10-19(11-14(3)4,12-15(5)6)9-7-8-17-18-16;1-2-7-5-3-4-6-7;2*1-2-4-5-3-1;1-2-3-4-5;1-2-4-5-3-1;1-2-3-4-5;1-4(2)3;4-2-1-3-8(5,6)7;;;;;1-4(2)3;;;;/h14,21H,1,3,5,7-13,15-17H2,2,4,6H3;1,3,5,7-12H2,2,4,6H3;1,3,5,7-12H2,2,4,6H3;1,7H,3-6H2;2*1-5H2;2H,1,3-4H2;1-4H2;2,5H,1,3-4H2;1-2H2,3H3;1-3H2;4*1H3;4H;1H;;;/q;;;;;;;;;-1;;4*-1;;;3*+2/p-1. The summed E-state index contributed by atoms with van der Waals surface area (Å²) in [4.78, 5) is 2.83. The number of allylic oxidation sites excluding steroid dienone is 11. The predicted molar refractivity (Wildman–Crippen MR) is 552 cm³/mol. The number of aliphatic hydroxyl groups is 1. The molecule has 4 saturated carbocycles. The van der Waals surface area contributed by atoms with Gasteiger partial charge in [0.2, 0.25) is 0 Å². The zero-order valence-corrected chi connectivity index (χ0v) is 93.5. The Bertz CT molecular complexity index is 2540. The molecule has 118 heavy (non-hydrogen) atoms. The summed E-state index contributed by atoms with van der Waals surface area (Å²) in [6.07, 6.45) is 44.6. The van der Waals surface area contributed by atoms with Crippen LogP contribution in [0.4, 0.5) is 0 Å². The number of azide groups is 1. The second-order valence-corrected chi connectivity index (χ2v) is 62.3. The van der Waals surface area contributed by atoms with Gasteiger partial charge in [0.1, 0.15) is 0 Å². The summed E-state index contributed by atoms with van der Waals surface area (Å²) in [7, 11) is -4.42. The van der Waals surface area contributed by atoms with Gasteiger partial charge in [-0.15, -0.1) is 191 Å². The van der Waals surface area contributed by atoms with Crippen molar-refractivity contribution in [2.75, 3.05) is 44.0 Å². The van der Waals surface area contributed by atoms with Crippen LogP contribution in [0.5, 0.6) is 0 Å². The van der Waals surface area contributed by atoms with E-state index in [1.54, 1.807) is 12.2 Å². The molecule has 0 amide bonds. The maximum Gasteiger partial charge on any atom is 2.00 e. The molecule has 688 valence electrons. The van der Waals surface area contributed by atoms with Crippen LogP contribution in [-0.2, 0) is 45.4 Å². The fraction of sp³-hybridized carbons (Fsp3) is 0.641. The third-order valence-corrected chi connectivity index (χ3v) is 37.3. The monoisotopic (exact) mass is 2020 g/mol. The number of halogens is 10. The van der Waals surface area contributed by atoms with Gasteiger partial charge in [0.05, 0.1) is 29.9 Å². The Kier molecular flexibility index (Phi) is 128. The second kappa shape index (κ2) is 101. The van der Waals surface area contributed by atoms with Crippen molar-refractivity contribution in [2.45, 2.75) is 327 Å². The van der Waals surface area contributed by atoms with E-state index >= 15 is 0 Å². The molecule has 0 spiro atoms. The van der Waals surface area contributed by atoms with Gasteiger partial charge in [0.25, 0.3) is 0 Å². The summed E-state index contributed by atoms with van der Waals surface area (Å²) < 4.78 is 7.01. The zero-order chi connectivity index (χ0) is 85.3. The number of aromatic nitrogens is 3. The number of nitrogens with zero attached hydrogens (tertiary/aromatic N) is 6. The van der Waals surface area contributed by atoms with Gasteiger partial charge in [-0.2, -0.15) is 0 Å². The van der Waals surface area contributed by atoms with Crippen molar-refractivity contribution in [2.24, 2.45) is 11.0 Å². The molecule has 4 aliphatic carbocycles. The molecule has 0 unspecified atom stereocenters. The third kappa shape index (κ3) is 113. The Morgan fingerprint density at radius 2 is 0.831 bits per heavy atom. The molecular weight excluding hydrogens is 1850 g/mol. The van der Waals surface area contributed by atoms with E-state index in [1.165, 1.54) is 233 Å². The van der Waals surface area contributed by atoms with E-state index in [9.17, 15) is 0 Å². The second-order valence-electron chi connectivity index (χ2n) is 31.7. The molecule has 1 aromatic rings. The van der Waals surface area contributed by atoms with Gasteiger partial charge < -0.3 is 52.0 Å². The summed E-state index contributed by atoms with van der Waals surface area (Å²) >= 11 is 47.9. The number of aryl methyl sites for hydroxylation is 1. The van der Waals surface area contributed by atoms with Crippen LogP contribution < -0.4 is 12.4 Å². The van der Waals surface area contributed by atoms with Crippen molar-refractivity contribution in [3.05, 3.63) is 206 Å². The van der Waals surface area contributed by atoms with Gasteiger partial charge in [-0.1, -0.05) is 194 Å².